The van der Waals surface area contributed by atoms with E-state index in [1.54, 1.807) is 71.0 Å². The lowest BCUT2D eigenvalue weighted by atomic mass is 9.95. The van der Waals surface area contributed by atoms with Crippen LogP contribution in [0.3, 0.4) is 0 Å². The third kappa shape index (κ3) is 15.4. The van der Waals surface area contributed by atoms with Gasteiger partial charge in [0, 0.05) is 90.3 Å². The number of ether oxygens (including phenoxy) is 2. The first-order chi connectivity index (χ1) is 39.1. The predicted octanol–water partition coefficient (Wildman–Crippen LogP) is 9.87. The molecule has 4 aromatic heterocycles. The van der Waals surface area contributed by atoms with Crippen molar-refractivity contribution in [3.63, 3.8) is 0 Å². The van der Waals surface area contributed by atoms with E-state index < -0.39 is 12.1 Å². The number of nitrogens with one attached hydrogen (secondary N) is 2. The summed E-state index contributed by atoms with van der Waals surface area (Å²) in [7, 11) is 2.70. The second-order valence-corrected chi connectivity index (χ2v) is 25.4. The highest BCUT2D eigenvalue weighted by molar-refractivity contribution is 9.10. The zero-order chi connectivity index (χ0) is 58.9. The molecular formula is C62H67BrN8O9S2. The summed E-state index contributed by atoms with van der Waals surface area (Å²) in [6.45, 7) is 14.0. The molecule has 6 heterocycles. The maximum Gasteiger partial charge on any atom is 0.310 e. The van der Waals surface area contributed by atoms with Gasteiger partial charge in [-0.05, 0) is 92.7 Å². The number of carbonyl (C=O) groups is 6. The molecule has 0 bridgehead atoms. The van der Waals surface area contributed by atoms with Gasteiger partial charge in [0.1, 0.15) is 17.8 Å². The van der Waals surface area contributed by atoms with Crippen molar-refractivity contribution >= 4 is 74.2 Å². The Morgan fingerprint density at radius 3 is 1.30 bits per heavy atom. The minimum atomic E-state index is -0.814. The average molecular weight is 1210 g/mol. The second-order valence-electron chi connectivity index (χ2n) is 22.3. The topological polar surface area (TPSA) is 223 Å². The molecule has 4 amide bonds. The molecule has 0 radical (unpaired) electrons. The lowest BCUT2D eigenvalue weighted by Gasteiger charge is -2.24. The number of benzene rings is 3. The number of hydrogen-bond acceptors (Lipinski definition) is 15. The second kappa shape index (κ2) is 26.5. The molecule has 2 fully saturated rings. The number of carbonyl (C=O) groups excluding carboxylic acids is 6. The molecule has 20 heteroatoms. The third-order valence-electron chi connectivity index (χ3n) is 14.2. The van der Waals surface area contributed by atoms with Gasteiger partial charge in [0.25, 0.3) is 11.8 Å². The fraction of sp³-hybridized carbons (Fsp3) is 0.355. The number of phenols is 1. The van der Waals surface area contributed by atoms with E-state index in [4.69, 9.17) is 9.47 Å². The Morgan fingerprint density at radius 1 is 0.561 bits per heavy atom. The number of aromatic nitrogens is 4. The van der Waals surface area contributed by atoms with Gasteiger partial charge >= 0.3 is 11.9 Å². The number of halogens is 1. The van der Waals surface area contributed by atoms with Crippen molar-refractivity contribution in [3.05, 3.63) is 157 Å². The first kappa shape index (κ1) is 60.4. The van der Waals surface area contributed by atoms with Crippen LogP contribution in [-0.4, -0.2) is 123 Å². The highest BCUT2D eigenvalue weighted by Crippen LogP contribution is 2.32. The molecule has 17 nitrogen and oxygen atoms in total. The molecule has 82 heavy (non-hydrogen) atoms. The quantitative estimate of drug-likeness (QED) is 0.0814. The summed E-state index contributed by atoms with van der Waals surface area (Å²) >= 11 is 6.20. The fourth-order valence-corrected chi connectivity index (χ4v) is 11.6. The van der Waals surface area contributed by atoms with Crippen LogP contribution in [0.1, 0.15) is 94.6 Å². The van der Waals surface area contributed by atoms with Crippen LogP contribution in [-0.2, 0) is 52.3 Å². The normalized spacial score (nSPS) is 15.9. The molecule has 2 saturated heterocycles. The van der Waals surface area contributed by atoms with Gasteiger partial charge in [-0.25, -0.2) is 19.9 Å². The van der Waals surface area contributed by atoms with E-state index in [0.717, 1.165) is 47.6 Å². The van der Waals surface area contributed by atoms with E-state index in [-0.39, 0.29) is 83.5 Å². The van der Waals surface area contributed by atoms with E-state index >= 15 is 0 Å². The summed E-state index contributed by atoms with van der Waals surface area (Å²) in [5.74, 6) is -1.04. The van der Waals surface area contributed by atoms with Crippen molar-refractivity contribution in [2.24, 2.45) is 11.8 Å². The summed E-state index contributed by atoms with van der Waals surface area (Å²) < 4.78 is 10.6. The van der Waals surface area contributed by atoms with Crippen molar-refractivity contribution in [2.45, 2.75) is 90.1 Å². The summed E-state index contributed by atoms with van der Waals surface area (Å²) in [6.07, 6.45) is 8.51. The zero-order valence-corrected chi connectivity index (χ0v) is 50.3. The maximum absolute atomic E-state index is 13.7. The SMILES string of the molecule is COC(=O)[C@H]1CCN(C(=O)[C@H](Cc2ccc(-c3ncc(-c4ccc(O)cc4)cn3)cc2)NC(=O)c2ccc(C(C)(C)C)s2)C1.COC(=O)[C@H]1CCN(C(=O)[C@H](Cc2ccc(-c3ncc(Br)cn3)cc2)NC(=O)c2ccc(C(C)(C)C)s2)C1. The van der Waals surface area contributed by atoms with Gasteiger partial charge in [-0.3, -0.25) is 28.8 Å². The van der Waals surface area contributed by atoms with Crippen LogP contribution in [0.15, 0.2) is 126 Å². The number of amides is 4. The zero-order valence-electron chi connectivity index (χ0n) is 47.1. The Balaban J connectivity index is 0.000000217. The number of thiophene rings is 2. The summed E-state index contributed by atoms with van der Waals surface area (Å²) in [5, 5.41) is 15.5. The third-order valence-corrected chi connectivity index (χ3v) is 17.6. The minimum Gasteiger partial charge on any atom is -0.508 e. The van der Waals surface area contributed by atoms with Crippen LogP contribution >= 0.6 is 38.6 Å². The molecule has 0 saturated carbocycles. The molecule has 2 aliphatic rings. The fourth-order valence-electron chi connectivity index (χ4n) is 9.46. The van der Waals surface area contributed by atoms with E-state index in [9.17, 15) is 33.9 Å². The van der Waals surface area contributed by atoms with Crippen molar-refractivity contribution in [2.75, 3.05) is 40.4 Å². The molecular weight excluding hydrogens is 1140 g/mol. The summed E-state index contributed by atoms with van der Waals surface area (Å²) in [6, 6.07) is 28.0. The van der Waals surface area contributed by atoms with Crippen molar-refractivity contribution in [1.29, 1.82) is 0 Å². The standard InChI is InChI=1S/C34H36N4O5S.C28H31BrN4O4S/c1-34(2,3)29-14-13-28(44-29)31(40)37-27(32(41)38-16-15-24(20-38)33(42)43-4)17-21-5-7-23(8-6-21)30-35-18-25(19-36-30)22-9-11-26(39)12-10-22;1-28(2,3)23-10-9-22(38-23)25(34)32-21(26(35)33-12-11-19(16-33)27(36)37-4)13-17-5-7-18(8-6-17)24-30-14-20(29)15-31-24/h5-14,18-19,24,27,39H,15-17,20H2,1-4H3,(H,37,40);5-10,14-15,19,21H,11-13,16H2,1-4H3,(H,32,34)/t24-,27-;19-,21-/m00/s1. The average Bonchev–Trinajstić information content (AvgIpc) is 4.35. The van der Waals surface area contributed by atoms with Gasteiger partial charge < -0.3 is 35.0 Å². The van der Waals surface area contributed by atoms with Crippen LogP contribution in [0.25, 0.3) is 33.9 Å². The summed E-state index contributed by atoms with van der Waals surface area (Å²) in [4.78, 5) is 102. The van der Waals surface area contributed by atoms with E-state index in [2.05, 4.69) is 88.0 Å². The monoisotopic (exact) mass is 1210 g/mol. The number of methoxy groups -OCH3 is 2. The Kier molecular flexibility index (Phi) is 19.5. The number of esters is 2. The van der Waals surface area contributed by atoms with Crippen LogP contribution in [0.5, 0.6) is 5.75 Å². The Morgan fingerprint density at radius 2 is 0.939 bits per heavy atom. The predicted molar refractivity (Wildman–Crippen MR) is 319 cm³/mol. The lowest BCUT2D eigenvalue weighted by molar-refractivity contribution is -0.146. The van der Waals surface area contributed by atoms with Gasteiger partial charge in [0.2, 0.25) is 11.8 Å². The molecule has 0 aliphatic carbocycles. The van der Waals surface area contributed by atoms with E-state index in [1.807, 2.05) is 60.7 Å². The Hall–Kier alpha value is -7.68. The van der Waals surface area contributed by atoms with Crippen LogP contribution in [0.2, 0.25) is 0 Å². The first-order valence-corrected chi connectivity index (χ1v) is 29.3. The molecule has 9 rings (SSSR count). The first-order valence-electron chi connectivity index (χ1n) is 26.9. The van der Waals surface area contributed by atoms with Crippen molar-refractivity contribution in [1.82, 2.24) is 40.4 Å². The van der Waals surface area contributed by atoms with Gasteiger partial charge in [-0.2, -0.15) is 0 Å². The van der Waals surface area contributed by atoms with E-state index in [0.29, 0.717) is 53.8 Å². The lowest BCUT2D eigenvalue weighted by Crippen LogP contribution is -2.49. The van der Waals surface area contributed by atoms with Crippen LogP contribution < -0.4 is 10.6 Å². The molecule has 7 aromatic rings. The largest absolute Gasteiger partial charge is 0.508 e. The summed E-state index contributed by atoms with van der Waals surface area (Å²) in [5.41, 5.74) is 4.97. The molecule has 2 aliphatic heterocycles. The molecule has 0 spiro atoms. The number of likely N-dealkylation sites (tertiary alicyclic amines) is 2. The van der Waals surface area contributed by atoms with Crippen molar-refractivity contribution < 1.29 is 43.3 Å². The highest BCUT2D eigenvalue weighted by atomic mass is 79.9. The number of rotatable bonds is 15. The minimum absolute atomic E-state index is 0.0723. The Labute approximate surface area is 494 Å². The van der Waals surface area contributed by atoms with Gasteiger partial charge in [0.05, 0.1) is 40.3 Å². The maximum atomic E-state index is 13.7. The van der Waals surface area contributed by atoms with Gasteiger partial charge in [-0.15, -0.1) is 22.7 Å². The Bertz CT molecular complexity index is 3380. The van der Waals surface area contributed by atoms with Gasteiger partial charge in [-0.1, -0.05) is 102 Å². The molecule has 428 valence electrons. The smallest absolute Gasteiger partial charge is 0.310 e. The van der Waals surface area contributed by atoms with Crippen LogP contribution in [0, 0.1) is 11.8 Å². The molecule has 4 atom stereocenters. The number of phenolic OH excluding ortho intramolecular Hbond substituents is 1. The highest BCUT2D eigenvalue weighted by Gasteiger charge is 2.37. The van der Waals surface area contributed by atoms with Crippen LogP contribution in [0.4, 0.5) is 0 Å². The number of hydrogen-bond donors (Lipinski definition) is 3. The van der Waals surface area contributed by atoms with E-state index in [1.165, 1.54) is 36.9 Å². The molecule has 3 aromatic carbocycles. The molecule has 0 unspecified atom stereocenters. The molecule has 3 N–H and O–H groups in total. The van der Waals surface area contributed by atoms with Crippen molar-refractivity contribution in [3.8, 4) is 39.7 Å². The number of nitrogens with zero attached hydrogens (tertiary/aromatic N) is 6. The number of aromatic hydroxyl groups is 1. The van der Waals surface area contributed by atoms with Gasteiger partial charge in [0.15, 0.2) is 11.6 Å².